The zero-order chi connectivity index (χ0) is 11.5. The van der Waals surface area contributed by atoms with E-state index < -0.39 is 5.97 Å². The van der Waals surface area contributed by atoms with Crippen LogP contribution in [0, 0.1) is 6.92 Å². The van der Waals surface area contributed by atoms with E-state index in [0.717, 1.165) is 17.0 Å². The van der Waals surface area contributed by atoms with Crippen LogP contribution < -0.4 is 4.74 Å². The van der Waals surface area contributed by atoms with Crippen LogP contribution in [0.2, 0.25) is 0 Å². The fourth-order valence-corrected chi connectivity index (χ4v) is 1.82. The molecular formula is C11H9NO3S. The van der Waals surface area contributed by atoms with E-state index in [4.69, 9.17) is 9.84 Å². The molecule has 2 heterocycles. The van der Waals surface area contributed by atoms with Gasteiger partial charge in [-0.2, -0.15) is 0 Å². The van der Waals surface area contributed by atoms with Crippen molar-refractivity contribution in [3.05, 3.63) is 40.2 Å². The lowest BCUT2D eigenvalue weighted by atomic mass is 10.4. The topological polar surface area (TPSA) is 59.4 Å². The Bertz CT molecular complexity index is 521. The molecule has 82 valence electrons. The van der Waals surface area contributed by atoms with Crippen LogP contribution in [-0.2, 0) is 0 Å². The third-order valence-corrected chi connectivity index (χ3v) is 2.77. The molecule has 16 heavy (non-hydrogen) atoms. The summed E-state index contributed by atoms with van der Waals surface area (Å²) in [5.41, 5.74) is 0.853. The highest BCUT2D eigenvalue weighted by atomic mass is 32.1. The Balaban J connectivity index is 2.17. The Morgan fingerprint density at radius 1 is 1.50 bits per heavy atom. The molecule has 2 rings (SSSR count). The van der Waals surface area contributed by atoms with Gasteiger partial charge in [0.05, 0.1) is 0 Å². The SMILES string of the molecule is Cc1cccc(Oc2csc(C(=O)O)c2)n1. The van der Waals surface area contributed by atoms with Gasteiger partial charge < -0.3 is 9.84 Å². The van der Waals surface area contributed by atoms with Crippen LogP contribution in [-0.4, -0.2) is 16.1 Å². The molecule has 0 bridgehead atoms. The molecule has 0 fully saturated rings. The molecule has 0 aliphatic heterocycles. The summed E-state index contributed by atoms with van der Waals surface area (Å²) in [5, 5.41) is 10.4. The van der Waals surface area contributed by atoms with E-state index >= 15 is 0 Å². The van der Waals surface area contributed by atoms with Crippen LogP contribution in [0.15, 0.2) is 29.6 Å². The molecule has 2 aromatic heterocycles. The number of aromatic nitrogens is 1. The smallest absolute Gasteiger partial charge is 0.346 e. The van der Waals surface area contributed by atoms with Crippen molar-refractivity contribution in [3.8, 4) is 11.6 Å². The molecule has 5 heteroatoms. The molecule has 0 aliphatic carbocycles. The summed E-state index contributed by atoms with van der Waals surface area (Å²) < 4.78 is 5.43. The highest BCUT2D eigenvalue weighted by Crippen LogP contribution is 2.25. The molecule has 0 atom stereocenters. The van der Waals surface area contributed by atoms with E-state index in [9.17, 15) is 4.79 Å². The minimum Gasteiger partial charge on any atom is -0.477 e. The largest absolute Gasteiger partial charge is 0.477 e. The number of thiophene rings is 1. The molecule has 0 aromatic carbocycles. The van der Waals surface area contributed by atoms with Crippen LogP contribution >= 0.6 is 11.3 Å². The van der Waals surface area contributed by atoms with Gasteiger partial charge in [0.25, 0.3) is 0 Å². The van der Waals surface area contributed by atoms with Crippen molar-refractivity contribution < 1.29 is 14.6 Å². The van der Waals surface area contributed by atoms with E-state index in [1.54, 1.807) is 11.4 Å². The van der Waals surface area contributed by atoms with E-state index in [1.165, 1.54) is 6.07 Å². The lowest BCUT2D eigenvalue weighted by Crippen LogP contribution is -1.91. The Kier molecular flexibility index (Phi) is 2.87. The highest BCUT2D eigenvalue weighted by Gasteiger charge is 2.08. The first-order chi connectivity index (χ1) is 7.65. The standard InChI is InChI=1S/C11H9NO3S/c1-7-3-2-4-10(12-7)15-8-5-9(11(13)14)16-6-8/h2-6H,1H3,(H,13,14). The fraction of sp³-hybridized carbons (Fsp3) is 0.0909. The van der Waals surface area contributed by atoms with E-state index in [1.807, 2.05) is 19.1 Å². The monoisotopic (exact) mass is 235 g/mol. The molecule has 0 saturated heterocycles. The number of rotatable bonds is 3. The summed E-state index contributed by atoms with van der Waals surface area (Å²) in [6.07, 6.45) is 0. The van der Waals surface area contributed by atoms with Crippen molar-refractivity contribution in [2.75, 3.05) is 0 Å². The van der Waals surface area contributed by atoms with Gasteiger partial charge in [-0.3, -0.25) is 0 Å². The molecule has 2 aromatic rings. The lowest BCUT2D eigenvalue weighted by molar-refractivity contribution is 0.0702. The average molecular weight is 235 g/mol. The number of carbonyl (C=O) groups is 1. The normalized spacial score (nSPS) is 10.1. The van der Waals surface area contributed by atoms with Gasteiger partial charge in [-0.05, 0) is 13.0 Å². The maximum Gasteiger partial charge on any atom is 0.346 e. The number of aromatic carboxylic acids is 1. The Morgan fingerprint density at radius 3 is 2.94 bits per heavy atom. The van der Waals surface area contributed by atoms with E-state index in [0.29, 0.717) is 11.6 Å². The molecular weight excluding hydrogens is 226 g/mol. The predicted octanol–water partition coefficient (Wildman–Crippen LogP) is 2.94. The molecule has 0 amide bonds. The quantitative estimate of drug-likeness (QED) is 0.888. The second kappa shape index (κ2) is 4.32. The molecule has 0 saturated carbocycles. The number of carboxylic acid groups (broad SMARTS) is 1. The number of hydrogen-bond acceptors (Lipinski definition) is 4. The third-order valence-electron chi connectivity index (χ3n) is 1.87. The van der Waals surface area contributed by atoms with Crippen molar-refractivity contribution in [1.82, 2.24) is 4.98 Å². The van der Waals surface area contributed by atoms with E-state index in [2.05, 4.69) is 4.98 Å². The summed E-state index contributed by atoms with van der Waals surface area (Å²) in [4.78, 5) is 15.1. The summed E-state index contributed by atoms with van der Waals surface area (Å²) >= 11 is 1.13. The second-order valence-corrected chi connectivity index (χ2v) is 4.08. The number of pyridine rings is 1. The van der Waals surface area contributed by atoms with Crippen LogP contribution in [0.25, 0.3) is 0 Å². The minimum absolute atomic E-state index is 0.252. The number of ether oxygens (including phenoxy) is 1. The maximum absolute atomic E-state index is 10.7. The number of carboxylic acids is 1. The zero-order valence-electron chi connectivity index (χ0n) is 8.51. The second-order valence-electron chi connectivity index (χ2n) is 3.17. The highest BCUT2D eigenvalue weighted by molar-refractivity contribution is 7.12. The first kappa shape index (κ1) is 10.6. The number of hydrogen-bond donors (Lipinski definition) is 1. The van der Waals surface area contributed by atoms with Crippen molar-refractivity contribution in [2.24, 2.45) is 0 Å². The van der Waals surface area contributed by atoms with Crippen LogP contribution in [0.1, 0.15) is 15.4 Å². The summed E-state index contributed by atoms with van der Waals surface area (Å²) in [6.45, 7) is 1.86. The Morgan fingerprint density at radius 2 is 2.31 bits per heavy atom. The summed E-state index contributed by atoms with van der Waals surface area (Å²) in [6, 6.07) is 6.91. The van der Waals surface area contributed by atoms with E-state index in [-0.39, 0.29) is 4.88 Å². The van der Waals surface area contributed by atoms with Gasteiger partial charge in [-0.1, -0.05) is 6.07 Å². The van der Waals surface area contributed by atoms with Crippen molar-refractivity contribution in [3.63, 3.8) is 0 Å². The molecule has 0 aliphatic rings. The Labute approximate surface area is 96.1 Å². The molecule has 4 nitrogen and oxygen atoms in total. The van der Waals surface area contributed by atoms with Gasteiger partial charge in [-0.25, -0.2) is 9.78 Å². The average Bonchev–Trinajstić information content (AvgIpc) is 2.66. The van der Waals surface area contributed by atoms with Crippen molar-refractivity contribution in [2.45, 2.75) is 6.92 Å². The van der Waals surface area contributed by atoms with Crippen molar-refractivity contribution in [1.29, 1.82) is 0 Å². The third kappa shape index (κ3) is 2.38. The number of nitrogens with zero attached hydrogens (tertiary/aromatic N) is 1. The van der Waals surface area contributed by atoms with Gasteiger partial charge in [0.1, 0.15) is 10.6 Å². The maximum atomic E-state index is 10.7. The van der Waals surface area contributed by atoms with Crippen LogP contribution in [0.5, 0.6) is 11.6 Å². The van der Waals surface area contributed by atoms with Gasteiger partial charge in [0.15, 0.2) is 0 Å². The fourth-order valence-electron chi connectivity index (χ4n) is 1.18. The summed E-state index contributed by atoms with van der Waals surface area (Å²) in [7, 11) is 0. The van der Waals surface area contributed by atoms with Gasteiger partial charge >= 0.3 is 5.97 Å². The first-order valence-corrected chi connectivity index (χ1v) is 5.46. The minimum atomic E-state index is -0.947. The predicted molar refractivity (Wildman–Crippen MR) is 60.3 cm³/mol. The lowest BCUT2D eigenvalue weighted by Gasteiger charge is -2.01. The van der Waals surface area contributed by atoms with Crippen LogP contribution in [0.3, 0.4) is 0 Å². The van der Waals surface area contributed by atoms with Crippen molar-refractivity contribution >= 4 is 17.3 Å². The van der Waals surface area contributed by atoms with Gasteiger partial charge in [-0.15, -0.1) is 11.3 Å². The van der Waals surface area contributed by atoms with Crippen LogP contribution in [0.4, 0.5) is 0 Å². The molecule has 1 N–H and O–H groups in total. The van der Waals surface area contributed by atoms with Gasteiger partial charge in [0, 0.05) is 23.2 Å². The zero-order valence-corrected chi connectivity index (χ0v) is 9.32. The number of aryl methyl sites for hydroxylation is 1. The Hall–Kier alpha value is -1.88. The first-order valence-electron chi connectivity index (χ1n) is 4.58. The van der Waals surface area contributed by atoms with Gasteiger partial charge in [0.2, 0.25) is 5.88 Å². The molecule has 0 spiro atoms. The summed E-state index contributed by atoms with van der Waals surface area (Å²) in [5.74, 6) is 0.0206. The molecule has 0 radical (unpaired) electrons. The molecule has 0 unspecified atom stereocenters.